The summed E-state index contributed by atoms with van der Waals surface area (Å²) < 4.78 is 5.46. The zero-order chi connectivity index (χ0) is 6.69. The van der Waals surface area contributed by atoms with Crippen molar-refractivity contribution >= 4 is 11.8 Å². The van der Waals surface area contributed by atoms with Crippen LogP contribution in [0.4, 0.5) is 0 Å². The lowest BCUT2D eigenvalue weighted by molar-refractivity contribution is 0.0324. The molecule has 0 bridgehead atoms. The molecule has 0 radical (unpaired) electrons. The Morgan fingerprint density at radius 2 is 2.22 bits per heavy atom. The lowest BCUT2D eigenvalue weighted by Gasteiger charge is -2.25. The third kappa shape index (κ3) is 2.18. The number of ether oxygens (including phenoxy) is 1. The molecule has 1 rings (SSSR count). The van der Waals surface area contributed by atoms with Crippen LogP contribution >= 0.6 is 11.8 Å². The second-order valence-corrected chi connectivity index (χ2v) is 3.72. The minimum atomic E-state index is 0.508. The standard InChI is InChI=1S/C7H14OS/c1-6-3-4-7(9-2)5-8-6/h6-7H,3-5H2,1-2H3/t6-,7-/m0/s1. The van der Waals surface area contributed by atoms with Gasteiger partial charge in [-0.2, -0.15) is 11.8 Å². The lowest BCUT2D eigenvalue weighted by Crippen LogP contribution is -2.24. The van der Waals surface area contributed by atoms with Crippen molar-refractivity contribution in [1.82, 2.24) is 0 Å². The first-order valence-electron chi connectivity index (χ1n) is 3.47. The average molecular weight is 146 g/mol. The molecule has 0 amide bonds. The Balaban J connectivity index is 2.18. The van der Waals surface area contributed by atoms with Crippen molar-refractivity contribution in [2.75, 3.05) is 12.9 Å². The quantitative estimate of drug-likeness (QED) is 0.559. The average Bonchev–Trinajstić information content (AvgIpc) is 1.90. The van der Waals surface area contributed by atoms with Gasteiger partial charge in [0.05, 0.1) is 12.7 Å². The summed E-state index contributed by atoms with van der Waals surface area (Å²) in [7, 11) is 0. The van der Waals surface area contributed by atoms with Gasteiger partial charge in [0, 0.05) is 5.25 Å². The summed E-state index contributed by atoms with van der Waals surface area (Å²) in [4.78, 5) is 0. The van der Waals surface area contributed by atoms with Crippen molar-refractivity contribution in [2.45, 2.75) is 31.1 Å². The minimum Gasteiger partial charge on any atom is -0.377 e. The number of rotatable bonds is 1. The summed E-state index contributed by atoms with van der Waals surface area (Å²) in [6, 6.07) is 0. The molecule has 0 N–H and O–H groups in total. The van der Waals surface area contributed by atoms with Crippen molar-refractivity contribution in [3.63, 3.8) is 0 Å². The molecule has 0 aromatic rings. The van der Waals surface area contributed by atoms with E-state index in [0.717, 1.165) is 11.9 Å². The van der Waals surface area contributed by atoms with Gasteiger partial charge in [-0.25, -0.2) is 0 Å². The summed E-state index contributed by atoms with van der Waals surface area (Å²) in [5, 5.41) is 0.765. The molecule has 54 valence electrons. The maximum absolute atomic E-state index is 5.46. The van der Waals surface area contributed by atoms with Crippen LogP contribution in [0, 0.1) is 0 Å². The lowest BCUT2D eigenvalue weighted by atomic mass is 10.1. The molecular weight excluding hydrogens is 132 g/mol. The monoisotopic (exact) mass is 146 g/mol. The van der Waals surface area contributed by atoms with Gasteiger partial charge in [-0.3, -0.25) is 0 Å². The van der Waals surface area contributed by atoms with Crippen LogP contribution in [0.3, 0.4) is 0 Å². The number of hydrogen-bond donors (Lipinski definition) is 0. The summed E-state index contributed by atoms with van der Waals surface area (Å²) in [5.41, 5.74) is 0. The maximum Gasteiger partial charge on any atom is 0.0588 e. The molecule has 0 aromatic carbocycles. The Hall–Kier alpha value is 0.310. The van der Waals surface area contributed by atoms with E-state index in [-0.39, 0.29) is 0 Å². The molecule has 2 atom stereocenters. The van der Waals surface area contributed by atoms with E-state index in [0.29, 0.717) is 6.10 Å². The molecule has 1 saturated heterocycles. The molecule has 0 spiro atoms. The fourth-order valence-electron chi connectivity index (χ4n) is 1.04. The first kappa shape index (κ1) is 7.42. The highest BCUT2D eigenvalue weighted by molar-refractivity contribution is 7.99. The van der Waals surface area contributed by atoms with Gasteiger partial charge in [-0.15, -0.1) is 0 Å². The number of hydrogen-bond acceptors (Lipinski definition) is 2. The van der Waals surface area contributed by atoms with Crippen molar-refractivity contribution in [3.8, 4) is 0 Å². The van der Waals surface area contributed by atoms with Gasteiger partial charge in [0.1, 0.15) is 0 Å². The van der Waals surface area contributed by atoms with E-state index < -0.39 is 0 Å². The molecule has 0 aliphatic carbocycles. The van der Waals surface area contributed by atoms with Gasteiger partial charge < -0.3 is 4.74 Å². The SMILES string of the molecule is CS[C@H]1CC[C@H](C)OC1. The predicted molar refractivity (Wildman–Crippen MR) is 42.0 cm³/mol. The fraction of sp³-hybridized carbons (Fsp3) is 1.00. The maximum atomic E-state index is 5.46. The van der Waals surface area contributed by atoms with Crippen LogP contribution in [-0.2, 0) is 4.74 Å². The molecule has 9 heavy (non-hydrogen) atoms. The highest BCUT2D eigenvalue weighted by atomic mass is 32.2. The smallest absolute Gasteiger partial charge is 0.0588 e. The normalized spacial score (nSPS) is 36.7. The van der Waals surface area contributed by atoms with Crippen molar-refractivity contribution in [2.24, 2.45) is 0 Å². The minimum absolute atomic E-state index is 0.508. The molecule has 0 aromatic heterocycles. The second kappa shape index (κ2) is 3.47. The first-order valence-corrected chi connectivity index (χ1v) is 4.76. The van der Waals surface area contributed by atoms with Crippen LogP contribution in [0.2, 0.25) is 0 Å². The van der Waals surface area contributed by atoms with Gasteiger partial charge in [-0.1, -0.05) is 0 Å². The molecule has 1 aliphatic rings. The third-order valence-electron chi connectivity index (χ3n) is 1.80. The van der Waals surface area contributed by atoms with Gasteiger partial charge >= 0.3 is 0 Å². The van der Waals surface area contributed by atoms with Crippen LogP contribution in [0.25, 0.3) is 0 Å². The molecule has 1 aliphatic heterocycles. The summed E-state index contributed by atoms with van der Waals surface area (Å²) in [6.07, 6.45) is 5.24. The molecule has 1 fully saturated rings. The summed E-state index contributed by atoms with van der Waals surface area (Å²) in [5.74, 6) is 0. The van der Waals surface area contributed by atoms with Gasteiger partial charge in [-0.05, 0) is 26.0 Å². The van der Waals surface area contributed by atoms with E-state index in [1.807, 2.05) is 11.8 Å². The highest BCUT2D eigenvalue weighted by Crippen LogP contribution is 2.21. The topological polar surface area (TPSA) is 9.23 Å². The van der Waals surface area contributed by atoms with Gasteiger partial charge in [0.25, 0.3) is 0 Å². The zero-order valence-electron chi connectivity index (χ0n) is 6.09. The van der Waals surface area contributed by atoms with Crippen molar-refractivity contribution in [3.05, 3.63) is 0 Å². The van der Waals surface area contributed by atoms with Crippen LogP contribution in [0.1, 0.15) is 19.8 Å². The Bertz CT molecular complexity index is 77.0. The third-order valence-corrected chi connectivity index (χ3v) is 2.83. The van der Waals surface area contributed by atoms with Gasteiger partial charge in [0.2, 0.25) is 0 Å². The molecule has 0 saturated carbocycles. The Morgan fingerprint density at radius 3 is 2.67 bits per heavy atom. The van der Waals surface area contributed by atoms with Crippen molar-refractivity contribution in [1.29, 1.82) is 0 Å². The van der Waals surface area contributed by atoms with Crippen LogP contribution in [0.5, 0.6) is 0 Å². The molecule has 1 heterocycles. The Morgan fingerprint density at radius 1 is 1.44 bits per heavy atom. The number of thioether (sulfide) groups is 1. The molecule has 0 unspecified atom stereocenters. The van der Waals surface area contributed by atoms with E-state index in [1.165, 1.54) is 12.8 Å². The van der Waals surface area contributed by atoms with E-state index in [4.69, 9.17) is 4.74 Å². The first-order chi connectivity index (χ1) is 4.33. The van der Waals surface area contributed by atoms with Crippen LogP contribution in [0.15, 0.2) is 0 Å². The molecule has 1 nitrogen and oxygen atoms in total. The fourth-order valence-corrected chi connectivity index (χ4v) is 1.63. The van der Waals surface area contributed by atoms with Crippen LogP contribution in [-0.4, -0.2) is 24.2 Å². The van der Waals surface area contributed by atoms with E-state index >= 15 is 0 Å². The van der Waals surface area contributed by atoms with E-state index in [9.17, 15) is 0 Å². The second-order valence-electron chi connectivity index (χ2n) is 2.58. The Kier molecular flexibility index (Phi) is 2.86. The highest BCUT2D eigenvalue weighted by Gasteiger charge is 2.16. The molecular formula is C7H14OS. The molecule has 2 heteroatoms. The summed E-state index contributed by atoms with van der Waals surface area (Å²) >= 11 is 1.92. The zero-order valence-corrected chi connectivity index (χ0v) is 6.91. The summed E-state index contributed by atoms with van der Waals surface area (Å²) in [6.45, 7) is 3.11. The van der Waals surface area contributed by atoms with Crippen LogP contribution < -0.4 is 0 Å². The van der Waals surface area contributed by atoms with Crippen molar-refractivity contribution < 1.29 is 4.74 Å². The largest absolute Gasteiger partial charge is 0.377 e. The van der Waals surface area contributed by atoms with E-state index in [1.54, 1.807) is 0 Å². The van der Waals surface area contributed by atoms with E-state index in [2.05, 4.69) is 13.2 Å². The van der Waals surface area contributed by atoms with Gasteiger partial charge in [0.15, 0.2) is 0 Å². The Labute approximate surface area is 61.2 Å². The predicted octanol–water partition coefficient (Wildman–Crippen LogP) is 1.92.